The first-order chi connectivity index (χ1) is 29.4. The maximum atomic E-state index is 11.9. The van der Waals surface area contributed by atoms with Crippen LogP contribution in [-0.2, 0) is 6.42 Å². The number of nitrogens with zero attached hydrogens (tertiary/aromatic N) is 4. The van der Waals surface area contributed by atoms with E-state index in [9.17, 15) is 40.2 Å². The van der Waals surface area contributed by atoms with Crippen LogP contribution in [0.15, 0.2) is 131 Å². The summed E-state index contributed by atoms with van der Waals surface area (Å²) < 4.78 is 0. The summed E-state index contributed by atoms with van der Waals surface area (Å²) in [6.07, 6.45) is 10.1. The van der Waals surface area contributed by atoms with Crippen molar-refractivity contribution in [3.8, 4) is 23.0 Å². The maximum absolute atomic E-state index is 11.9. The number of carboxylic acids is 2. The van der Waals surface area contributed by atoms with E-state index in [1.165, 1.54) is 12.1 Å². The van der Waals surface area contributed by atoms with E-state index in [4.69, 9.17) is 0 Å². The molecule has 0 bridgehead atoms. The lowest BCUT2D eigenvalue weighted by Crippen LogP contribution is -2.30. The van der Waals surface area contributed by atoms with Crippen molar-refractivity contribution >= 4 is 57.3 Å². The van der Waals surface area contributed by atoms with Gasteiger partial charge in [0.2, 0.25) is 0 Å². The second-order valence-electron chi connectivity index (χ2n) is 14.6. The summed E-state index contributed by atoms with van der Waals surface area (Å²) in [4.78, 5) is 37.0. The third kappa shape index (κ3) is 10.9. The van der Waals surface area contributed by atoms with Crippen molar-refractivity contribution in [2.45, 2.75) is 19.3 Å². The highest BCUT2D eigenvalue weighted by molar-refractivity contribution is 6.04. The third-order valence-corrected chi connectivity index (χ3v) is 10.3. The van der Waals surface area contributed by atoms with Crippen LogP contribution >= 0.6 is 0 Å². The highest BCUT2D eigenvalue weighted by atomic mass is 16.4. The summed E-state index contributed by atoms with van der Waals surface area (Å²) in [5, 5.41) is 61.2. The summed E-state index contributed by atoms with van der Waals surface area (Å²) >= 11 is 0. The largest absolute Gasteiger partial charge is 0.508 e. The molecular weight excluding hydrogens is 773 g/mol. The molecule has 0 amide bonds. The number of likely N-dealkylation sites (N-methyl/N-ethyl adjacent to an activating group) is 2. The highest BCUT2D eigenvalue weighted by Gasteiger charge is 2.24. The lowest BCUT2D eigenvalue weighted by Gasteiger charge is -2.22. The monoisotopic (exact) mass is 820 g/mol. The number of aromatic carboxylic acids is 2. The van der Waals surface area contributed by atoms with Crippen LogP contribution in [-0.4, -0.2) is 104 Å². The highest BCUT2D eigenvalue weighted by Crippen LogP contribution is 2.37. The van der Waals surface area contributed by atoms with Gasteiger partial charge in [-0.1, -0.05) is 84.9 Å². The van der Waals surface area contributed by atoms with Gasteiger partial charge in [0.25, 0.3) is 0 Å². The molecule has 6 aromatic rings. The van der Waals surface area contributed by atoms with Crippen molar-refractivity contribution in [2.75, 3.05) is 40.3 Å². The molecule has 6 aromatic carbocycles. The van der Waals surface area contributed by atoms with E-state index in [2.05, 4.69) is 19.8 Å². The summed E-state index contributed by atoms with van der Waals surface area (Å²) in [6, 6.07) is 31.1. The number of carbonyl (C=O) groups is 2. The number of fused-ring (bicyclic) bond motifs is 2. The number of hydrogen-bond donors (Lipinski definition) is 6. The fourth-order valence-corrected chi connectivity index (χ4v) is 7.27. The van der Waals surface area contributed by atoms with Crippen molar-refractivity contribution in [3.05, 3.63) is 155 Å². The molecule has 2 heterocycles. The molecule has 0 fully saturated rings. The number of phenolic OH excluding ortho intramolecular Hbond substituents is 2. The Labute approximate surface area is 353 Å². The SMILES string of the molecule is CN1CCCN=C1/C=C/c1cccc(O)c1.CN1CCCN=C1/C=C/c1cccc(O)c1.O=C(O)c1c(O)cc2ccccc2c1Cc1c(C(=O)O)c(O)cc2ccccc12. The van der Waals surface area contributed by atoms with Crippen molar-refractivity contribution in [2.24, 2.45) is 9.98 Å². The van der Waals surface area contributed by atoms with E-state index in [1.54, 1.807) is 72.8 Å². The van der Waals surface area contributed by atoms with Crippen LogP contribution in [0.4, 0.5) is 0 Å². The van der Waals surface area contributed by atoms with Crippen LogP contribution < -0.4 is 0 Å². The molecule has 6 N–H and O–H groups in total. The van der Waals surface area contributed by atoms with Gasteiger partial charge in [0.05, 0.1) is 0 Å². The second kappa shape index (κ2) is 19.9. The van der Waals surface area contributed by atoms with Crippen molar-refractivity contribution in [1.29, 1.82) is 0 Å². The van der Waals surface area contributed by atoms with Crippen LogP contribution in [0.25, 0.3) is 33.7 Å². The normalized spacial score (nSPS) is 13.9. The first-order valence-corrected chi connectivity index (χ1v) is 19.8. The van der Waals surface area contributed by atoms with E-state index in [0.29, 0.717) is 33.0 Å². The van der Waals surface area contributed by atoms with Gasteiger partial charge in [-0.15, -0.1) is 0 Å². The van der Waals surface area contributed by atoms with E-state index in [0.717, 1.165) is 61.8 Å². The van der Waals surface area contributed by atoms with Gasteiger partial charge in [-0.25, -0.2) is 9.59 Å². The minimum absolute atomic E-state index is 0.0902. The molecule has 2 aliphatic heterocycles. The number of benzene rings is 6. The molecule has 2 aliphatic rings. The Balaban J connectivity index is 0.000000166. The number of amidine groups is 2. The Bertz CT molecular complexity index is 2500. The van der Waals surface area contributed by atoms with Crippen LogP contribution in [0.1, 0.15) is 55.8 Å². The first kappa shape index (κ1) is 43.0. The van der Waals surface area contributed by atoms with Gasteiger partial charge >= 0.3 is 11.9 Å². The topological polar surface area (TPSA) is 187 Å². The standard InChI is InChI=1S/C23H16O6.2C13H16N2O/c24-18-9-12-5-1-3-7-14(12)16(20(18)22(26)27)11-17-15-8-4-2-6-13(15)10-19(25)21(17)23(28)29;2*1-15-9-3-8-14-13(15)7-6-11-4-2-5-12(16)10-11/h1-10,24-25H,11H2,(H,26,27)(H,28,29);2*2,4-7,10,16H,3,8-9H2,1H3/b;2*7-6+. The summed E-state index contributed by atoms with van der Waals surface area (Å²) in [6.45, 7) is 3.93. The fraction of sp³-hybridized carbons (Fsp3) is 0.184. The molecule has 0 unspecified atom stereocenters. The van der Waals surface area contributed by atoms with Crippen molar-refractivity contribution in [3.63, 3.8) is 0 Å². The average Bonchev–Trinajstić information content (AvgIpc) is 3.23. The van der Waals surface area contributed by atoms with Crippen molar-refractivity contribution < 1.29 is 40.2 Å². The Hall–Kier alpha value is -7.60. The van der Waals surface area contributed by atoms with Gasteiger partial charge < -0.3 is 40.4 Å². The molecule has 0 spiro atoms. The zero-order chi connectivity index (χ0) is 43.5. The predicted molar refractivity (Wildman–Crippen MR) is 241 cm³/mol. The van der Waals surface area contributed by atoms with E-state index in [-0.39, 0.29) is 28.7 Å². The molecule has 12 nitrogen and oxygen atoms in total. The molecule has 61 heavy (non-hydrogen) atoms. The summed E-state index contributed by atoms with van der Waals surface area (Å²) in [5.74, 6) is -0.819. The number of aromatic hydroxyl groups is 4. The number of hydrogen-bond acceptors (Lipinski definition) is 10. The zero-order valence-corrected chi connectivity index (χ0v) is 33.9. The Morgan fingerprint density at radius 2 is 0.967 bits per heavy atom. The van der Waals surface area contributed by atoms with Gasteiger partial charge in [-0.2, -0.15) is 0 Å². The molecule has 0 saturated heterocycles. The number of phenols is 4. The first-order valence-electron chi connectivity index (χ1n) is 19.8. The van der Waals surface area contributed by atoms with Crippen LogP contribution in [0, 0.1) is 0 Å². The van der Waals surface area contributed by atoms with Crippen molar-refractivity contribution in [1.82, 2.24) is 9.80 Å². The van der Waals surface area contributed by atoms with E-state index < -0.39 is 23.4 Å². The number of carboxylic acid groups (broad SMARTS) is 2. The lowest BCUT2D eigenvalue weighted by atomic mass is 9.88. The quantitative estimate of drug-likeness (QED) is 0.0868. The molecule has 0 aromatic heterocycles. The molecule has 12 heteroatoms. The smallest absolute Gasteiger partial charge is 0.339 e. The Morgan fingerprint density at radius 3 is 1.34 bits per heavy atom. The second-order valence-corrected chi connectivity index (χ2v) is 14.6. The molecule has 312 valence electrons. The van der Waals surface area contributed by atoms with Crippen LogP contribution in [0.3, 0.4) is 0 Å². The number of aliphatic imine (C=N–C) groups is 2. The Kier molecular flexibility index (Phi) is 14.0. The molecule has 0 radical (unpaired) electrons. The maximum Gasteiger partial charge on any atom is 0.339 e. The fourth-order valence-electron chi connectivity index (χ4n) is 7.27. The van der Waals surface area contributed by atoms with Gasteiger partial charge in [0.1, 0.15) is 45.8 Å². The number of rotatable bonds is 8. The average molecular weight is 821 g/mol. The molecular formula is C49H48N4O8. The molecule has 8 rings (SSSR count). The van der Waals surface area contributed by atoms with Gasteiger partial charge in [-0.05, 0) is 105 Å². The van der Waals surface area contributed by atoms with Crippen LogP contribution in [0.5, 0.6) is 23.0 Å². The third-order valence-electron chi connectivity index (χ3n) is 10.3. The van der Waals surface area contributed by atoms with Crippen LogP contribution in [0.2, 0.25) is 0 Å². The molecule has 0 atom stereocenters. The summed E-state index contributed by atoms with van der Waals surface area (Å²) in [7, 11) is 4.09. The van der Waals surface area contributed by atoms with E-state index in [1.807, 2.05) is 62.7 Å². The minimum atomic E-state index is -1.32. The zero-order valence-electron chi connectivity index (χ0n) is 33.9. The minimum Gasteiger partial charge on any atom is -0.508 e. The summed E-state index contributed by atoms with van der Waals surface area (Å²) in [5.41, 5.74) is 1.97. The van der Waals surface area contributed by atoms with Gasteiger partial charge in [-0.3, -0.25) is 9.98 Å². The Morgan fingerprint density at radius 1 is 0.557 bits per heavy atom. The molecule has 0 aliphatic carbocycles. The lowest BCUT2D eigenvalue weighted by molar-refractivity contribution is 0.0683. The van der Waals surface area contributed by atoms with E-state index >= 15 is 0 Å². The van der Waals surface area contributed by atoms with Gasteiger partial charge in [0, 0.05) is 46.7 Å². The van der Waals surface area contributed by atoms with Gasteiger partial charge in [0.15, 0.2) is 0 Å². The molecule has 0 saturated carbocycles. The predicted octanol–water partition coefficient (Wildman–Crippen LogP) is 8.67.